The maximum absolute atomic E-state index is 11.3. The Labute approximate surface area is 115 Å². The Kier molecular flexibility index (Phi) is 3.68. The zero-order valence-electron chi connectivity index (χ0n) is 11.9. The van der Waals surface area contributed by atoms with Crippen molar-refractivity contribution in [1.29, 1.82) is 0 Å². The van der Waals surface area contributed by atoms with Crippen molar-refractivity contribution in [3.05, 3.63) is 28.0 Å². The van der Waals surface area contributed by atoms with Gasteiger partial charge in [-0.15, -0.1) is 0 Å². The van der Waals surface area contributed by atoms with Crippen LogP contribution in [0.2, 0.25) is 0 Å². The Morgan fingerprint density at radius 1 is 1.40 bits per heavy atom. The molecule has 9 heteroatoms. The Bertz CT molecular complexity index is 629. The predicted octanol–water partition coefficient (Wildman–Crippen LogP) is 1.19. The largest absolute Gasteiger partial charge is 0.357 e. The minimum atomic E-state index is -0.406. The molecule has 1 N–H and O–H groups in total. The second-order valence-corrected chi connectivity index (χ2v) is 4.81. The van der Waals surface area contributed by atoms with Crippen molar-refractivity contribution in [3.8, 4) is 0 Å². The molecule has 0 aliphatic heterocycles. The number of anilines is 1. The zero-order chi connectivity index (χ0) is 14.9. The normalized spacial score (nSPS) is 11.1. The van der Waals surface area contributed by atoms with E-state index in [-0.39, 0.29) is 11.6 Å². The smallest absolute Gasteiger partial charge is 0.334 e. The third kappa shape index (κ3) is 2.60. The van der Waals surface area contributed by atoms with Crippen LogP contribution in [0, 0.1) is 10.1 Å². The van der Waals surface area contributed by atoms with Crippen LogP contribution in [0.15, 0.2) is 6.33 Å². The van der Waals surface area contributed by atoms with Gasteiger partial charge in [-0.2, -0.15) is 10.2 Å². The fraction of sp³-hybridized carbons (Fsp3) is 0.545. The quantitative estimate of drug-likeness (QED) is 0.651. The van der Waals surface area contributed by atoms with Crippen LogP contribution in [0.5, 0.6) is 0 Å². The second kappa shape index (κ2) is 5.27. The molecular formula is C11H17N7O2. The summed E-state index contributed by atoms with van der Waals surface area (Å²) in [7, 11) is 3.44. The number of rotatable bonds is 5. The number of hydrogen-bond donors (Lipinski definition) is 1. The topological polar surface area (TPSA) is 104 Å². The van der Waals surface area contributed by atoms with Crippen molar-refractivity contribution in [3.63, 3.8) is 0 Å². The van der Waals surface area contributed by atoms with Gasteiger partial charge in [-0.3, -0.25) is 14.8 Å². The maximum atomic E-state index is 11.3. The molecule has 2 heterocycles. The first-order chi connectivity index (χ1) is 9.40. The van der Waals surface area contributed by atoms with Gasteiger partial charge in [-0.1, -0.05) is 13.8 Å². The van der Waals surface area contributed by atoms with Gasteiger partial charge in [-0.05, 0) is 0 Å². The van der Waals surface area contributed by atoms with Crippen LogP contribution in [0.4, 0.5) is 11.5 Å². The van der Waals surface area contributed by atoms with Crippen molar-refractivity contribution in [2.75, 3.05) is 5.32 Å². The molecule has 0 radical (unpaired) electrons. The van der Waals surface area contributed by atoms with E-state index in [2.05, 4.69) is 20.5 Å². The van der Waals surface area contributed by atoms with Crippen molar-refractivity contribution < 1.29 is 4.92 Å². The van der Waals surface area contributed by atoms with E-state index in [0.29, 0.717) is 23.9 Å². The van der Waals surface area contributed by atoms with E-state index in [4.69, 9.17) is 0 Å². The van der Waals surface area contributed by atoms with Gasteiger partial charge in [-0.25, -0.2) is 9.67 Å². The summed E-state index contributed by atoms with van der Waals surface area (Å²) in [5.41, 5.74) is 0.479. The Balaban J connectivity index is 2.28. The summed E-state index contributed by atoms with van der Waals surface area (Å²) in [6.45, 7) is 4.05. The lowest BCUT2D eigenvalue weighted by atomic mass is 10.1. The first-order valence-electron chi connectivity index (χ1n) is 6.19. The molecule has 0 bridgehead atoms. The monoisotopic (exact) mass is 279 g/mol. The molecule has 9 nitrogen and oxygen atoms in total. The minimum Gasteiger partial charge on any atom is -0.357 e. The Hall–Kier alpha value is -2.45. The van der Waals surface area contributed by atoms with Crippen molar-refractivity contribution in [1.82, 2.24) is 24.5 Å². The molecule has 108 valence electrons. The summed E-state index contributed by atoms with van der Waals surface area (Å²) in [6, 6.07) is 0. The molecule has 0 aromatic carbocycles. The molecule has 0 aliphatic rings. The van der Waals surface area contributed by atoms with Crippen molar-refractivity contribution in [2.45, 2.75) is 26.3 Å². The highest BCUT2D eigenvalue weighted by Crippen LogP contribution is 2.32. The number of aromatic nitrogens is 5. The standard InChI is InChI=1S/C11H17N7O2/c1-7(2)9-10(18(19)20)11(17(4)15-9)12-5-8-13-6-16(3)14-8/h6-7,12H,5H2,1-4H3. The van der Waals surface area contributed by atoms with E-state index in [0.717, 1.165) is 0 Å². The van der Waals surface area contributed by atoms with Crippen molar-refractivity contribution in [2.24, 2.45) is 14.1 Å². The van der Waals surface area contributed by atoms with E-state index < -0.39 is 4.92 Å². The lowest BCUT2D eigenvalue weighted by molar-refractivity contribution is -0.384. The molecule has 0 atom stereocenters. The van der Waals surface area contributed by atoms with Gasteiger partial charge in [0, 0.05) is 20.0 Å². The number of hydrogen-bond acceptors (Lipinski definition) is 6. The highest BCUT2D eigenvalue weighted by molar-refractivity contribution is 5.60. The van der Waals surface area contributed by atoms with Gasteiger partial charge < -0.3 is 5.32 Å². The van der Waals surface area contributed by atoms with Crippen LogP contribution in [0.1, 0.15) is 31.3 Å². The van der Waals surface area contributed by atoms with Crippen molar-refractivity contribution >= 4 is 11.5 Å². The Morgan fingerprint density at radius 2 is 2.10 bits per heavy atom. The number of aryl methyl sites for hydroxylation is 2. The lowest BCUT2D eigenvalue weighted by Gasteiger charge is -2.03. The highest BCUT2D eigenvalue weighted by Gasteiger charge is 2.28. The molecule has 2 aromatic rings. The summed E-state index contributed by atoms with van der Waals surface area (Å²) in [5.74, 6) is 0.908. The van der Waals surface area contributed by atoms with Gasteiger partial charge in [0.05, 0.1) is 11.5 Å². The predicted molar refractivity (Wildman–Crippen MR) is 72.3 cm³/mol. The van der Waals surface area contributed by atoms with Crippen LogP contribution in [-0.2, 0) is 20.6 Å². The van der Waals surface area contributed by atoms with E-state index in [1.54, 1.807) is 25.1 Å². The average molecular weight is 279 g/mol. The van der Waals surface area contributed by atoms with Crippen LogP contribution < -0.4 is 5.32 Å². The average Bonchev–Trinajstić information content (AvgIpc) is 2.90. The second-order valence-electron chi connectivity index (χ2n) is 4.81. The van der Waals surface area contributed by atoms with Gasteiger partial charge in [0.1, 0.15) is 12.0 Å². The maximum Gasteiger partial charge on any atom is 0.334 e. The fourth-order valence-electron chi connectivity index (χ4n) is 1.93. The van der Waals surface area contributed by atoms with Gasteiger partial charge in [0.2, 0.25) is 5.82 Å². The summed E-state index contributed by atoms with van der Waals surface area (Å²) >= 11 is 0. The highest BCUT2D eigenvalue weighted by atomic mass is 16.6. The molecule has 20 heavy (non-hydrogen) atoms. The van der Waals surface area contributed by atoms with E-state index in [9.17, 15) is 10.1 Å². The van der Waals surface area contributed by atoms with Crippen LogP contribution in [-0.4, -0.2) is 29.5 Å². The lowest BCUT2D eigenvalue weighted by Crippen LogP contribution is -2.08. The number of nitro groups is 1. The first kappa shape index (κ1) is 14.0. The van der Waals surface area contributed by atoms with Crippen LogP contribution in [0.3, 0.4) is 0 Å². The van der Waals surface area contributed by atoms with Gasteiger partial charge >= 0.3 is 5.69 Å². The third-order valence-electron chi connectivity index (χ3n) is 2.84. The van der Waals surface area contributed by atoms with Crippen LogP contribution in [0.25, 0.3) is 0 Å². The molecule has 0 saturated heterocycles. The molecule has 2 rings (SSSR count). The summed E-state index contributed by atoms with van der Waals surface area (Å²) < 4.78 is 3.06. The molecule has 2 aromatic heterocycles. The molecule has 0 aliphatic carbocycles. The number of nitrogens with one attached hydrogen (secondary N) is 1. The van der Waals surface area contributed by atoms with E-state index in [1.165, 1.54) is 4.68 Å². The van der Waals surface area contributed by atoms with Gasteiger partial charge in [0.25, 0.3) is 0 Å². The molecule has 0 spiro atoms. The first-order valence-corrected chi connectivity index (χ1v) is 6.19. The minimum absolute atomic E-state index is 0.0124. The molecule has 0 saturated carbocycles. The van der Waals surface area contributed by atoms with E-state index >= 15 is 0 Å². The molecule has 0 amide bonds. The summed E-state index contributed by atoms with van der Waals surface area (Å²) in [6.07, 6.45) is 1.58. The summed E-state index contributed by atoms with van der Waals surface area (Å²) in [5, 5.41) is 22.6. The van der Waals surface area contributed by atoms with E-state index in [1.807, 2.05) is 13.8 Å². The third-order valence-corrected chi connectivity index (χ3v) is 2.84. The summed E-state index contributed by atoms with van der Waals surface area (Å²) in [4.78, 5) is 14.9. The Morgan fingerprint density at radius 3 is 2.60 bits per heavy atom. The number of nitrogens with zero attached hydrogens (tertiary/aromatic N) is 6. The molecular weight excluding hydrogens is 262 g/mol. The molecule has 0 fully saturated rings. The zero-order valence-corrected chi connectivity index (χ0v) is 11.9. The SMILES string of the molecule is CC(C)c1nn(C)c(NCc2ncn(C)n2)c1[N+](=O)[O-]. The van der Waals surface area contributed by atoms with Gasteiger partial charge in [0.15, 0.2) is 5.82 Å². The molecule has 0 unspecified atom stereocenters. The fourth-order valence-corrected chi connectivity index (χ4v) is 1.93. The van der Waals surface area contributed by atoms with Crippen LogP contribution >= 0.6 is 0 Å².